The fraction of sp³-hybridized carbons (Fsp3) is 0.583. The molecule has 88 valence electrons. The predicted octanol–water partition coefficient (Wildman–Crippen LogP) is 1.03. The van der Waals surface area contributed by atoms with Gasteiger partial charge in [-0.2, -0.15) is 0 Å². The first-order valence-corrected chi connectivity index (χ1v) is 5.77. The Bertz CT molecular complexity index is 335. The lowest BCUT2D eigenvalue weighted by atomic mass is 10.1. The van der Waals surface area contributed by atoms with E-state index in [4.69, 9.17) is 4.42 Å². The van der Waals surface area contributed by atoms with E-state index in [1.54, 1.807) is 13.2 Å². The highest BCUT2D eigenvalue weighted by atomic mass is 16.3. The Hall–Kier alpha value is -1.29. The molecule has 1 unspecified atom stereocenters. The van der Waals surface area contributed by atoms with E-state index in [1.807, 2.05) is 17.0 Å². The van der Waals surface area contributed by atoms with E-state index < -0.39 is 0 Å². The number of hydrogen-bond acceptors (Lipinski definition) is 3. The molecule has 1 atom stereocenters. The van der Waals surface area contributed by atoms with Crippen molar-refractivity contribution in [2.75, 3.05) is 19.6 Å². The molecule has 1 aliphatic heterocycles. The fourth-order valence-electron chi connectivity index (χ4n) is 2.20. The molecule has 1 saturated heterocycles. The number of furan rings is 1. The van der Waals surface area contributed by atoms with Gasteiger partial charge in [-0.05, 0) is 18.6 Å². The number of carbonyl (C=O) groups is 1. The van der Waals surface area contributed by atoms with Gasteiger partial charge in [0.2, 0.25) is 5.91 Å². The molecule has 16 heavy (non-hydrogen) atoms. The van der Waals surface area contributed by atoms with Crippen LogP contribution in [-0.2, 0) is 11.2 Å². The lowest BCUT2D eigenvalue weighted by molar-refractivity contribution is -0.132. The van der Waals surface area contributed by atoms with Crippen molar-refractivity contribution in [2.45, 2.75) is 25.8 Å². The Morgan fingerprint density at radius 1 is 1.69 bits per heavy atom. The summed E-state index contributed by atoms with van der Waals surface area (Å²) in [7, 11) is 0. The van der Waals surface area contributed by atoms with Crippen LogP contribution in [0.4, 0.5) is 0 Å². The molecule has 4 heteroatoms. The van der Waals surface area contributed by atoms with Crippen molar-refractivity contribution < 1.29 is 9.21 Å². The molecule has 2 rings (SSSR count). The van der Waals surface area contributed by atoms with Gasteiger partial charge in [-0.1, -0.05) is 0 Å². The molecular formula is C12H18N2O2. The lowest BCUT2D eigenvalue weighted by Gasteiger charge is -2.35. The van der Waals surface area contributed by atoms with Crippen molar-refractivity contribution in [1.29, 1.82) is 0 Å². The summed E-state index contributed by atoms with van der Waals surface area (Å²) in [6.45, 7) is 4.25. The molecular weight excluding hydrogens is 204 g/mol. The highest BCUT2D eigenvalue weighted by Gasteiger charge is 2.23. The van der Waals surface area contributed by atoms with E-state index in [1.165, 1.54) is 0 Å². The van der Waals surface area contributed by atoms with E-state index in [0.29, 0.717) is 6.04 Å². The molecule has 0 aromatic carbocycles. The Morgan fingerprint density at radius 3 is 3.25 bits per heavy atom. The lowest BCUT2D eigenvalue weighted by Crippen LogP contribution is -2.53. The molecule has 1 aromatic heterocycles. The van der Waals surface area contributed by atoms with Crippen molar-refractivity contribution in [2.24, 2.45) is 0 Å². The minimum absolute atomic E-state index is 0.172. The monoisotopic (exact) mass is 222 g/mol. The summed E-state index contributed by atoms with van der Waals surface area (Å²) in [4.78, 5) is 13.4. The van der Waals surface area contributed by atoms with Crippen LogP contribution in [-0.4, -0.2) is 36.5 Å². The van der Waals surface area contributed by atoms with Gasteiger partial charge in [0.05, 0.1) is 6.26 Å². The average molecular weight is 222 g/mol. The Labute approximate surface area is 95.6 Å². The summed E-state index contributed by atoms with van der Waals surface area (Å²) in [6, 6.07) is 4.18. The zero-order valence-electron chi connectivity index (χ0n) is 9.61. The maximum atomic E-state index is 11.4. The van der Waals surface area contributed by atoms with Gasteiger partial charge in [-0.15, -0.1) is 0 Å². The number of piperazine rings is 1. The third-order valence-corrected chi connectivity index (χ3v) is 3.06. The largest absolute Gasteiger partial charge is 0.469 e. The van der Waals surface area contributed by atoms with E-state index in [0.717, 1.165) is 38.2 Å². The fourth-order valence-corrected chi connectivity index (χ4v) is 2.20. The molecule has 4 nitrogen and oxygen atoms in total. The van der Waals surface area contributed by atoms with Crippen molar-refractivity contribution in [3.05, 3.63) is 24.2 Å². The first-order chi connectivity index (χ1) is 7.77. The molecule has 1 aromatic rings. The van der Waals surface area contributed by atoms with Crippen LogP contribution in [0.5, 0.6) is 0 Å². The second kappa shape index (κ2) is 5.16. The van der Waals surface area contributed by atoms with E-state index in [9.17, 15) is 4.79 Å². The zero-order valence-corrected chi connectivity index (χ0v) is 9.61. The van der Waals surface area contributed by atoms with Crippen LogP contribution in [0.25, 0.3) is 0 Å². The van der Waals surface area contributed by atoms with Gasteiger partial charge in [-0.25, -0.2) is 0 Å². The van der Waals surface area contributed by atoms with Gasteiger partial charge in [-0.3, -0.25) is 4.79 Å². The Morgan fingerprint density at radius 2 is 2.56 bits per heavy atom. The zero-order chi connectivity index (χ0) is 11.4. The van der Waals surface area contributed by atoms with Crippen LogP contribution in [0, 0.1) is 0 Å². The van der Waals surface area contributed by atoms with Gasteiger partial charge < -0.3 is 14.6 Å². The molecule has 1 amide bonds. The molecule has 0 radical (unpaired) electrons. The topological polar surface area (TPSA) is 45.5 Å². The quantitative estimate of drug-likeness (QED) is 0.831. The highest BCUT2D eigenvalue weighted by molar-refractivity contribution is 5.73. The number of carbonyl (C=O) groups excluding carboxylic acids is 1. The first kappa shape index (κ1) is 11.2. The summed E-state index contributed by atoms with van der Waals surface area (Å²) in [5.74, 6) is 1.17. The molecule has 0 bridgehead atoms. The van der Waals surface area contributed by atoms with E-state index in [-0.39, 0.29) is 5.91 Å². The minimum Gasteiger partial charge on any atom is -0.469 e. The Kier molecular flexibility index (Phi) is 3.62. The van der Waals surface area contributed by atoms with E-state index >= 15 is 0 Å². The highest BCUT2D eigenvalue weighted by Crippen LogP contribution is 2.12. The molecule has 1 fully saturated rings. The van der Waals surface area contributed by atoms with Gasteiger partial charge in [0.25, 0.3) is 0 Å². The number of rotatable bonds is 3. The van der Waals surface area contributed by atoms with Crippen LogP contribution in [0.15, 0.2) is 22.8 Å². The van der Waals surface area contributed by atoms with Crippen LogP contribution >= 0.6 is 0 Å². The molecule has 1 N–H and O–H groups in total. The van der Waals surface area contributed by atoms with Gasteiger partial charge in [0.15, 0.2) is 0 Å². The second-order valence-electron chi connectivity index (χ2n) is 4.19. The van der Waals surface area contributed by atoms with Crippen molar-refractivity contribution in [3.8, 4) is 0 Å². The van der Waals surface area contributed by atoms with Crippen LogP contribution < -0.4 is 5.32 Å². The smallest absolute Gasteiger partial charge is 0.219 e. The standard InChI is InChI=1S/C12H18N2O2/c1-10(15)14-7-6-13-9-11(14)4-5-12-3-2-8-16-12/h2-3,8,11,13H,4-7,9H2,1H3. The van der Waals surface area contributed by atoms with Crippen LogP contribution in [0.2, 0.25) is 0 Å². The van der Waals surface area contributed by atoms with Crippen LogP contribution in [0.1, 0.15) is 19.1 Å². The number of aryl methyl sites for hydroxylation is 1. The van der Waals surface area contributed by atoms with Crippen molar-refractivity contribution in [1.82, 2.24) is 10.2 Å². The maximum absolute atomic E-state index is 11.4. The SMILES string of the molecule is CC(=O)N1CCNCC1CCc1ccco1. The second-order valence-corrected chi connectivity index (χ2v) is 4.19. The first-order valence-electron chi connectivity index (χ1n) is 5.77. The molecule has 0 saturated carbocycles. The van der Waals surface area contributed by atoms with Crippen molar-refractivity contribution >= 4 is 5.91 Å². The van der Waals surface area contributed by atoms with Crippen LogP contribution in [0.3, 0.4) is 0 Å². The average Bonchev–Trinajstić information content (AvgIpc) is 2.79. The Balaban J connectivity index is 1.89. The molecule has 2 heterocycles. The van der Waals surface area contributed by atoms with E-state index in [2.05, 4.69) is 5.32 Å². The molecule has 0 aliphatic carbocycles. The van der Waals surface area contributed by atoms with Gasteiger partial charge in [0.1, 0.15) is 5.76 Å². The predicted molar refractivity (Wildman–Crippen MR) is 61.1 cm³/mol. The maximum Gasteiger partial charge on any atom is 0.219 e. The summed E-state index contributed by atoms with van der Waals surface area (Å²) in [5.41, 5.74) is 0. The molecule has 1 aliphatic rings. The summed E-state index contributed by atoms with van der Waals surface area (Å²) in [5, 5.41) is 3.33. The number of nitrogens with one attached hydrogen (secondary N) is 1. The minimum atomic E-state index is 0.172. The summed E-state index contributed by atoms with van der Waals surface area (Å²) >= 11 is 0. The molecule has 0 spiro atoms. The number of amides is 1. The number of nitrogens with zero attached hydrogens (tertiary/aromatic N) is 1. The third kappa shape index (κ3) is 2.64. The van der Waals surface area contributed by atoms with Gasteiger partial charge >= 0.3 is 0 Å². The van der Waals surface area contributed by atoms with Gasteiger partial charge in [0, 0.05) is 39.0 Å². The summed E-state index contributed by atoms with van der Waals surface area (Å²) < 4.78 is 5.30. The third-order valence-electron chi connectivity index (χ3n) is 3.06. The summed E-state index contributed by atoms with van der Waals surface area (Å²) in [6.07, 6.45) is 3.54. The van der Waals surface area contributed by atoms with Crippen molar-refractivity contribution in [3.63, 3.8) is 0 Å². The normalized spacial score (nSPS) is 21.1. The number of hydrogen-bond donors (Lipinski definition) is 1.